The van der Waals surface area contributed by atoms with Gasteiger partial charge in [0.25, 0.3) is 0 Å². The van der Waals surface area contributed by atoms with Crippen molar-refractivity contribution < 1.29 is 0 Å². The highest BCUT2D eigenvalue weighted by atomic mass is 15.2. The minimum absolute atomic E-state index is 0.341. The molecule has 0 saturated heterocycles. The van der Waals surface area contributed by atoms with Gasteiger partial charge in [-0.2, -0.15) is 0 Å². The minimum atomic E-state index is 0.341. The summed E-state index contributed by atoms with van der Waals surface area (Å²) in [5.74, 6) is 1.79. The van der Waals surface area contributed by atoms with E-state index in [1.165, 1.54) is 5.56 Å². The van der Waals surface area contributed by atoms with Crippen molar-refractivity contribution in [3.63, 3.8) is 0 Å². The average molecular weight is 339 g/mol. The van der Waals surface area contributed by atoms with Gasteiger partial charge in [0.2, 0.25) is 0 Å². The number of aromatic nitrogens is 1. The summed E-state index contributed by atoms with van der Waals surface area (Å²) in [7, 11) is 5.81. The summed E-state index contributed by atoms with van der Waals surface area (Å²) in [6.45, 7) is 2.87. The van der Waals surface area contributed by atoms with E-state index >= 15 is 0 Å². The van der Waals surface area contributed by atoms with E-state index in [2.05, 4.69) is 63.9 Å². The first-order valence-electron chi connectivity index (χ1n) is 8.72. The second-order valence-electron chi connectivity index (χ2n) is 6.38. The number of anilines is 1. The Hall–Kier alpha value is -2.56. The van der Waals surface area contributed by atoms with Crippen molar-refractivity contribution >= 4 is 11.8 Å². The number of aliphatic imine (C=N–C) groups is 1. The van der Waals surface area contributed by atoms with Gasteiger partial charge >= 0.3 is 0 Å². The molecule has 0 saturated carbocycles. The minimum Gasteiger partial charge on any atom is -0.362 e. The van der Waals surface area contributed by atoms with Crippen molar-refractivity contribution in [2.24, 2.45) is 4.99 Å². The predicted octanol–water partition coefficient (Wildman–Crippen LogP) is 2.83. The second-order valence-corrected chi connectivity index (χ2v) is 6.38. The summed E-state index contributed by atoms with van der Waals surface area (Å²) in [5.41, 5.74) is 2.51. The number of hydrogen-bond acceptors (Lipinski definition) is 3. The number of rotatable bonds is 7. The van der Waals surface area contributed by atoms with Crippen LogP contribution in [0.1, 0.15) is 24.5 Å². The van der Waals surface area contributed by atoms with Gasteiger partial charge in [-0.1, -0.05) is 36.4 Å². The van der Waals surface area contributed by atoms with Gasteiger partial charge in [0, 0.05) is 45.5 Å². The standard InChI is InChI=1S/C20H29N5/c1-16(12-13-17-9-6-5-7-10-17)24-20(21-2)23-15-18-11-8-14-22-19(18)25(3)4/h5-11,14,16H,12-13,15H2,1-4H3,(H2,21,23,24). The van der Waals surface area contributed by atoms with Crippen molar-refractivity contribution in [3.8, 4) is 0 Å². The van der Waals surface area contributed by atoms with E-state index in [4.69, 9.17) is 0 Å². The molecule has 1 aromatic carbocycles. The molecule has 0 spiro atoms. The molecule has 0 bridgehead atoms. The lowest BCUT2D eigenvalue weighted by molar-refractivity contribution is 0.593. The molecular weight excluding hydrogens is 310 g/mol. The number of nitrogens with one attached hydrogen (secondary N) is 2. The average Bonchev–Trinajstić information content (AvgIpc) is 2.64. The summed E-state index contributed by atoms with van der Waals surface area (Å²) in [6, 6.07) is 15.0. The van der Waals surface area contributed by atoms with Crippen LogP contribution in [0.2, 0.25) is 0 Å². The smallest absolute Gasteiger partial charge is 0.191 e. The van der Waals surface area contributed by atoms with Gasteiger partial charge in [0.1, 0.15) is 5.82 Å². The predicted molar refractivity (Wildman–Crippen MR) is 106 cm³/mol. The Morgan fingerprint density at radius 2 is 1.92 bits per heavy atom. The molecule has 5 heteroatoms. The van der Waals surface area contributed by atoms with Crippen molar-refractivity contribution in [2.45, 2.75) is 32.4 Å². The SMILES string of the molecule is CN=C(NCc1cccnc1N(C)C)NC(C)CCc1ccccc1. The van der Waals surface area contributed by atoms with Crippen molar-refractivity contribution in [2.75, 3.05) is 26.0 Å². The van der Waals surface area contributed by atoms with Crippen LogP contribution in [-0.2, 0) is 13.0 Å². The monoisotopic (exact) mass is 339 g/mol. The molecule has 2 aromatic rings. The first kappa shape index (κ1) is 18.8. The lowest BCUT2D eigenvalue weighted by Crippen LogP contribution is -2.42. The molecule has 25 heavy (non-hydrogen) atoms. The topological polar surface area (TPSA) is 52.6 Å². The van der Waals surface area contributed by atoms with Crippen LogP contribution in [0.5, 0.6) is 0 Å². The quantitative estimate of drug-likeness (QED) is 0.602. The van der Waals surface area contributed by atoms with Gasteiger partial charge in [0.15, 0.2) is 5.96 Å². The number of benzene rings is 1. The fourth-order valence-corrected chi connectivity index (χ4v) is 2.68. The van der Waals surface area contributed by atoms with Crippen LogP contribution < -0.4 is 15.5 Å². The lowest BCUT2D eigenvalue weighted by atomic mass is 10.1. The zero-order chi connectivity index (χ0) is 18.1. The molecule has 0 fully saturated rings. The molecule has 1 aromatic heterocycles. The highest BCUT2D eigenvalue weighted by Gasteiger charge is 2.08. The molecule has 2 rings (SSSR count). The fraction of sp³-hybridized carbons (Fsp3) is 0.400. The van der Waals surface area contributed by atoms with Crippen molar-refractivity contribution in [1.82, 2.24) is 15.6 Å². The van der Waals surface area contributed by atoms with Crippen LogP contribution in [0.25, 0.3) is 0 Å². The van der Waals surface area contributed by atoms with Crippen LogP contribution in [0.4, 0.5) is 5.82 Å². The molecule has 0 amide bonds. The molecule has 134 valence electrons. The third kappa shape index (κ3) is 6.10. The summed E-state index contributed by atoms with van der Waals surface area (Å²) in [6.07, 6.45) is 3.93. The summed E-state index contributed by atoms with van der Waals surface area (Å²) < 4.78 is 0. The number of pyridine rings is 1. The molecule has 0 radical (unpaired) electrons. The van der Waals surface area contributed by atoms with Gasteiger partial charge in [-0.15, -0.1) is 0 Å². The third-order valence-electron chi connectivity index (χ3n) is 4.05. The van der Waals surface area contributed by atoms with E-state index in [-0.39, 0.29) is 0 Å². The van der Waals surface area contributed by atoms with Crippen molar-refractivity contribution in [3.05, 3.63) is 59.8 Å². The van der Waals surface area contributed by atoms with Crippen LogP contribution in [0.3, 0.4) is 0 Å². The van der Waals surface area contributed by atoms with Gasteiger partial charge in [0.05, 0.1) is 0 Å². The molecule has 0 aliphatic heterocycles. The highest BCUT2D eigenvalue weighted by molar-refractivity contribution is 5.80. The maximum atomic E-state index is 4.43. The van der Waals surface area contributed by atoms with Gasteiger partial charge in [-0.05, 0) is 31.4 Å². The largest absolute Gasteiger partial charge is 0.362 e. The van der Waals surface area contributed by atoms with Gasteiger partial charge in [-0.25, -0.2) is 4.98 Å². The number of guanidine groups is 1. The molecule has 2 N–H and O–H groups in total. The zero-order valence-corrected chi connectivity index (χ0v) is 15.7. The van der Waals surface area contributed by atoms with E-state index < -0.39 is 0 Å². The molecule has 0 aliphatic carbocycles. The zero-order valence-electron chi connectivity index (χ0n) is 15.7. The Morgan fingerprint density at radius 1 is 1.16 bits per heavy atom. The van der Waals surface area contributed by atoms with E-state index in [0.29, 0.717) is 12.6 Å². The first-order valence-corrected chi connectivity index (χ1v) is 8.72. The Balaban J connectivity index is 1.84. The van der Waals surface area contributed by atoms with Gasteiger partial charge in [-0.3, -0.25) is 4.99 Å². The van der Waals surface area contributed by atoms with Crippen molar-refractivity contribution in [1.29, 1.82) is 0 Å². The summed E-state index contributed by atoms with van der Waals surface area (Å²) in [5, 5.41) is 6.84. The molecular formula is C20H29N5. The second kappa shape index (κ2) is 9.67. The highest BCUT2D eigenvalue weighted by Crippen LogP contribution is 2.13. The van der Waals surface area contributed by atoms with E-state index in [1.807, 2.05) is 31.3 Å². The lowest BCUT2D eigenvalue weighted by Gasteiger charge is -2.20. The molecule has 1 heterocycles. The number of aryl methyl sites for hydroxylation is 1. The molecule has 1 unspecified atom stereocenters. The Labute approximate surface area is 151 Å². The number of nitrogens with zero attached hydrogens (tertiary/aromatic N) is 3. The normalized spacial score (nSPS) is 12.6. The Bertz CT molecular complexity index is 667. The molecule has 5 nitrogen and oxygen atoms in total. The summed E-state index contributed by atoms with van der Waals surface area (Å²) >= 11 is 0. The van der Waals surface area contributed by atoms with Crippen LogP contribution in [0, 0.1) is 0 Å². The first-order chi connectivity index (χ1) is 12.1. The number of hydrogen-bond donors (Lipinski definition) is 2. The Kier molecular flexibility index (Phi) is 7.26. The molecule has 0 aliphatic rings. The molecule has 1 atom stereocenters. The van der Waals surface area contributed by atoms with Crippen LogP contribution >= 0.6 is 0 Å². The maximum Gasteiger partial charge on any atom is 0.191 e. The maximum absolute atomic E-state index is 4.43. The Morgan fingerprint density at radius 3 is 2.60 bits per heavy atom. The third-order valence-corrected chi connectivity index (χ3v) is 4.05. The van der Waals surface area contributed by atoms with Gasteiger partial charge < -0.3 is 15.5 Å². The van der Waals surface area contributed by atoms with Crippen LogP contribution in [-0.4, -0.2) is 38.1 Å². The van der Waals surface area contributed by atoms with E-state index in [1.54, 1.807) is 7.05 Å². The summed E-state index contributed by atoms with van der Waals surface area (Å²) in [4.78, 5) is 10.8. The van der Waals surface area contributed by atoms with E-state index in [9.17, 15) is 0 Å². The van der Waals surface area contributed by atoms with E-state index in [0.717, 1.165) is 30.2 Å². The fourth-order valence-electron chi connectivity index (χ4n) is 2.68. The van der Waals surface area contributed by atoms with Crippen LogP contribution in [0.15, 0.2) is 53.7 Å².